The summed E-state index contributed by atoms with van der Waals surface area (Å²) in [5.74, 6) is 1.31. The monoisotopic (exact) mass is 187 g/mol. The molecule has 1 atom stereocenters. The van der Waals surface area contributed by atoms with Crippen LogP contribution < -0.4 is 0 Å². The fraction of sp³-hybridized carbons (Fsp3) is 0.778. The van der Waals surface area contributed by atoms with Crippen molar-refractivity contribution in [2.45, 2.75) is 20.8 Å². The van der Waals surface area contributed by atoms with E-state index in [1.807, 2.05) is 4.31 Å². The highest BCUT2D eigenvalue weighted by molar-refractivity contribution is 7.82. The zero-order valence-corrected chi connectivity index (χ0v) is 8.86. The zero-order chi connectivity index (χ0) is 9.14. The summed E-state index contributed by atoms with van der Waals surface area (Å²) in [4.78, 5) is 0. The second-order valence-electron chi connectivity index (χ2n) is 3.75. The Hall–Kier alpha value is -0.150. The predicted octanol–water partition coefficient (Wildman–Crippen LogP) is 1.57. The average molecular weight is 187 g/mol. The lowest BCUT2D eigenvalue weighted by Crippen LogP contribution is -2.27. The minimum absolute atomic E-state index is 0.520. The molecule has 1 heterocycles. The highest BCUT2D eigenvalue weighted by Gasteiger charge is 2.17. The van der Waals surface area contributed by atoms with Crippen molar-refractivity contribution < 1.29 is 4.21 Å². The predicted molar refractivity (Wildman–Crippen MR) is 53.2 cm³/mol. The molecule has 0 N–H and O–H groups in total. The summed E-state index contributed by atoms with van der Waals surface area (Å²) in [6.07, 6.45) is 2.15. The maximum absolute atomic E-state index is 11.6. The molecule has 1 unspecified atom stereocenters. The van der Waals surface area contributed by atoms with E-state index in [0.717, 1.165) is 18.8 Å². The molecule has 1 aliphatic rings. The zero-order valence-electron chi connectivity index (χ0n) is 8.04. The van der Waals surface area contributed by atoms with Crippen LogP contribution in [0.15, 0.2) is 11.6 Å². The van der Waals surface area contributed by atoms with Crippen molar-refractivity contribution in [3.63, 3.8) is 0 Å². The maximum atomic E-state index is 11.6. The molecule has 0 aromatic rings. The lowest BCUT2D eigenvalue weighted by atomic mass is 10.3. The van der Waals surface area contributed by atoms with Gasteiger partial charge in [0, 0.05) is 18.8 Å². The molecular weight excluding hydrogens is 170 g/mol. The standard InChI is InChI=1S/C9H17NOS/c1-8(2)7-12(11)10-5-4-9(3)6-10/h4,8H,5-7H2,1-3H3. The topological polar surface area (TPSA) is 20.3 Å². The lowest BCUT2D eigenvalue weighted by molar-refractivity contribution is 0.537. The molecular formula is C9H17NOS. The second-order valence-corrected chi connectivity index (χ2v) is 5.25. The van der Waals surface area contributed by atoms with Crippen LogP contribution in [-0.4, -0.2) is 27.4 Å². The molecule has 0 aromatic heterocycles. The van der Waals surface area contributed by atoms with Crippen LogP contribution in [0.2, 0.25) is 0 Å². The highest BCUT2D eigenvalue weighted by Crippen LogP contribution is 2.11. The molecule has 0 aliphatic carbocycles. The van der Waals surface area contributed by atoms with E-state index < -0.39 is 11.0 Å². The van der Waals surface area contributed by atoms with E-state index in [2.05, 4.69) is 26.8 Å². The van der Waals surface area contributed by atoms with Crippen molar-refractivity contribution in [3.8, 4) is 0 Å². The summed E-state index contributed by atoms with van der Waals surface area (Å²) in [6.45, 7) is 8.06. The van der Waals surface area contributed by atoms with E-state index in [1.54, 1.807) is 0 Å². The molecule has 70 valence electrons. The van der Waals surface area contributed by atoms with Crippen LogP contribution in [0.1, 0.15) is 20.8 Å². The van der Waals surface area contributed by atoms with Crippen LogP contribution in [0.3, 0.4) is 0 Å². The van der Waals surface area contributed by atoms with Crippen LogP contribution >= 0.6 is 0 Å². The average Bonchev–Trinajstić information content (AvgIpc) is 2.34. The van der Waals surface area contributed by atoms with Crippen molar-refractivity contribution >= 4 is 11.0 Å². The van der Waals surface area contributed by atoms with Gasteiger partial charge in [0.1, 0.15) is 0 Å². The van der Waals surface area contributed by atoms with E-state index in [4.69, 9.17) is 0 Å². The van der Waals surface area contributed by atoms with E-state index in [0.29, 0.717) is 5.92 Å². The van der Waals surface area contributed by atoms with Gasteiger partial charge in [-0.2, -0.15) is 0 Å². The number of hydrogen-bond acceptors (Lipinski definition) is 1. The molecule has 0 saturated heterocycles. The first-order valence-corrected chi connectivity index (χ1v) is 5.66. The molecule has 0 radical (unpaired) electrons. The Balaban J connectivity index is 2.36. The summed E-state index contributed by atoms with van der Waals surface area (Å²) in [7, 11) is -0.765. The molecule has 0 bridgehead atoms. The Kier molecular flexibility index (Phi) is 3.47. The van der Waals surface area contributed by atoms with Gasteiger partial charge < -0.3 is 0 Å². The maximum Gasteiger partial charge on any atom is 0.0951 e. The Bertz CT molecular complexity index is 211. The van der Waals surface area contributed by atoms with E-state index in [-0.39, 0.29) is 0 Å². The van der Waals surface area contributed by atoms with E-state index >= 15 is 0 Å². The smallest absolute Gasteiger partial charge is 0.0951 e. The van der Waals surface area contributed by atoms with Crippen molar-refractivity contribution in [2.75, 3.05) is 18.8 Å². The third-order valence-electron chi connectivity index (χ3n) is 1.83. The molecule has 3 heteroatoms. The number of hydrogen-bond donors (Lipinski definition) is 0. The van der Waals surface area contributed by atoms with Crippen molar-refractivity contribution in [1.29, 1.82) is 0 Å². The van der Waals surface area contributed by atoms with Crippen molar-refractivity contribution in [3.05, 3.63) is 11.6 Å². The first-order valence-electron chi connectivity index (χ1n) is 4.38. The van der Waals surface area contributed by atoms with Crippen molar-refractivity contribution in [2.24, 2.45) is 5.92 Å². The van der Waals surface area contributed by atoms with Gasteiger partial charge in [-0.15, -0.1) is 0 Å². The minimum atomic E-state index is -0.765. The van der Waals surface area contributed by atoms with Gasteiger partial charge >= 0.3 is 0 Å². The van der Waals surface area contributed by atoms with Crippen molar-refractivity contribution in [1.82, 2.24) is 4.31 Å². The lowest BCUT2D eigenvalue weighted by Gasteiger charge is -2.15. The summed E-state index contributed by atoms with van der Waals surface area (Å²) in [6, 6.07) is 0. The Morgan fingerprint density at radius 1 is 1.67 bits per heavy atom. The van der Waals surface area contributed by atoms with Crippen LogP contribution in [0.25, 0.3) is 0 Å². The van der Waals surface area contributed by atoms with Gasteiger partial charge in [-0.1, -0.05) is 25.5 Å². The largest absolute Gasteiger partial charge is 0.243 e. The van der Waals surface area contributed by atoms with Gasteiger partial charge in [-0.25, -0.2) is 8.51 Å². The summed E-state index contributed by atoms with van der Waals surface area (Å²) in [5.41, 5.74) is 1.34. The molecule has 1 rings (SSSR count). The van der Waals surface area contributed by atoms with Gasteiger partial charge in [-0.05, 0) is 12.8 Å². The fourth-order valence-corrected chi connectivity index (χ4v) is 2.58. The van der Waals surface area contributed by atoms with Crippen LogP contribution in [0, 0.1) is 5.92 Å². The number of nitrogens with zero attached hydrogens (tertiary/aromatic N) is 1. The molecule has 0 amide bonds. The SMILES string of the molecule is CC1=CCN(S(=O)CC(C)C)C1. The Morgan fingerprint density at radius 3 is 2.75 bits per heavy atom. The van der Waals surface area contributed by atoms with Gasteiger partial charge in [0.15, 0.2) is 0 Å². The molecule has 1 aliphatic heterocycles. The summed E-state index contributed by atoms with van der Waals surface area (Å²) >= 11 is 0. The fourth-order valence-electron chi connectivity index (χ4n) is 1.21. The third-order valence-corrected chi connectivity index (χ3v) is 3.64. The Labute approximate surface area is 77.2 Å². The molecule has 0 saturated carbocycles. The first-order chi connectivity index (χ1) is 5.59. The molecule has 12 heavy (non-hydrogen) atoms. The Morgan fingerprint density at radius 2 is 2.33 bits per heavy atom. The first kappa shape index (κ1) is 9.93. The normalized spacial score (nSPS) is 21.5. The summed E-state index contributed by atoms with van der Waals surface area (Å²) < 4.78 is 13.6. The quantitative estimate of drug-likeness (QED) is 0.614. The second kappa shape index (κ2) is 4.19. The van der Waals surface area contributed by atoms with Crippen LogP contribution in [0.5, 0.6) is 0 Å². The third kappa shape index (κ3) is 2.72. The number of rotatable bonds is 3. The highest BCUT2D eigenvalue weighted by atomic mass is 32.2. The molecule has 2 nitrogen and oxygen atoms in total. The van der Waals surface area contributed by atoms with Crippen LogP contribution in [0.4, 0.5) is 0 Å². The summed E-state index contributed by atoms with van der Waals surface area (Å²) in [5, 5.41) is 0. The molecule has 0 spiro atoms. The van der Waals surface area contributed by atoms with Gasteiger partial charge in [-0.3, -0.25) is 0 Å². The minimum Gasteiger partial charge on any atom is -0.243 e. The van der Waals surface area contributed by atoms with E-state index in [9.17, 15) is 4.21 Å². The van der Waals surface area contributed by atoms with Crippen LogP contribution in [-0.2, 0) is 11.0 Å². The van der Waals surface area contributed by atoms with E-state index in [1.165, 1.54) is 5.57 Å². The van der Waals surface area contributed by atoms with Gasteiger partial charge in [0.05, 0.1) is 11.0 Å². The van der Waals surface area contributed by atoms with Gasteiger partial charge in [0.25, 0.3) is 0 Å². The molecule has 0 fully saturated rings. The molecule has 0 aromatic carbocycles. The van der Waals surface area contributed by atoms with Gasteiger partial charge in [0.2, 0.25) is 0 Å².